The molecule has 1 aliphatic heterocycles. The lowest BCUT2D eigenvalue weighted by atomic mass is 10.1. The predicted octanol–water partition coefficient (Wildman–Crippen LogP) is 3.22. The second-order valence-corrected chi connectivity index (χ2v) is 8.07. The third kappa shape index (κ3) is 5.46. The van der Waals surface area contributed by atoms with Gasteiger partial charge < -0.3 is 20.4 Å². The number of hydrogen-bond donors (Lipinski definition) is 3. The molecule has 0 atom stereocenters. The summed E-state index contributed by atoms with van der Waals surface area (Å²) in [7, 11) is 1.82. The molecule has 1 aromatic heterocycles. The van der Waals surface area contributed by atoms with Crippen molar-refractivity contribution in [2.45, 2.75) is 26.4 Å². The summed E-state index contributed by atoms with van der Waals surface area (Å²) in [6.45, 7) is 8.37. The number of aromatic nitrogens is 1. The number of rotatable bonds is 7. The van der Waals surface area contributed by atoms with Crippen molar-refractivity contribution in [3.8, 4) is 0 Å². The van der Waals surface area contributed by atoms with Crippen LogP contribution in [0.4, 0.5) is 0 Å². The highest BCUT2D eigenvalue weighted by Crippen LogP contribution is 2.22. The molecule has 0 spiro atoms. The first-order valence-corrected chi connectivity index (χ1v) is 11.1. The number of guanidine groups is 1. The monoisotopic (exact) mass is 419 g/mol. The SMILES string of the molecule is CN=C(NCCc1c[nH]c2cccc(C)c12)NCc1ccccc1CN1CCOCC1. The van der Waals surface area contributed by atoms with Gasteiger partial charge in [0.1, 0.15) is 0 Å². The van der Waals surface area contributed by atoms with Crippen LogP contribution in [0.5, 0.6) is 0 Å². The van der Waals surface area contributed by atoms with Gasteiger partial charge in [-0.2, -0.15) is 0 Å². The Bertz CT molecular complexity index is 1020. The Balaban J connectivity index is 1.31. The van der Waals surface area contributed by atoms with Crippen molar-refractivity contribution < 1.29 is 4.74 Å². The highest BCUT2D eigenvalue weighted by Gasteiger charge is 2.13. The van der Waals surface area contributed by atoms with E-state index < -0.39 is 0 Å². The fraction of sp³-hybridized carbons (Fsp3) is 0.400. The van der Waals surface area contributed by atoms with E-state index in [0.29, 0.717) is 0 Å². The number of H-pyrrole nitrogens is 1. The Hall–Kier alpha value is -2.83. The first-order chi connectivity index (χ1) is 15.2. The van der Waals surface area contributed by atoms with Crippen molar-refractivity contribution in [2.75, 3.05) is 39.9 Å². The van der Waals surface area contributed by atoms with Gasteiger partial charge in [-0.25, -0.2) is 0 Å². The zero-order chi connectivity index (χ0) is 21.5. The minimum Gasteiger partial charge on any atom is -0.379 e. The fourth-order valence-corrected chi connectivity index (χ4v) is 4.25. The molecule has 1 saturated heterocycles. The van der Waals surface area contributed by atoms with Crippen LogP contribution in [0.15, 0.2) is 53.7 Å². The van der Waals surface area contributed by atoms with Crippen LogP contribution in [0.1, 0.15) is 22.3 Å². The lowest BCUT2D eigenvalue weighted by Gasteiger charge is -2.27. The maximum Gasteiger partial charge on any atom is 0.191 e. The molecule has 3 N–H and O–H groups in total. The van der Waals surface area contributed by atoms with Gasteiger partial charge in [0.25, 0.3) is 0 Å². The lowest BCUT2D eigenvalue weighted by Crippen LogP contribution is -2.38. The number of aryl methyl sites for hydroxylation is 1. The zero-order valence-corrected chi connectivity index (χ0v) is 18.6. The molecule has 0 aliphatic carbocycles. The van der Waals surface area contributed by atoms with Crippen LogP contribution in [-0.4, -0.2) is 55.7 Å². The van der Waals surface area contributed by atoms with E-state index in [4.69, 9.17) is 4.74 Å². The van der Waals surface area contributed by atoms with Gasteiger partial charge in [0, 0.05) is 56.9 Å². The minimum absolute atomic E-state index is 0.756. The van der Waals surface area contributed by atoms with Gasteiger partial charge >= 0.3 is 0 Å². The number of benzene rings is 2. The summed E-state index contributed by atoms with van der Waals surface area (Å²) in [6, 6.07) is 15.0. The van der Waals surface area contributed by atoms with E-state index in [-0.39, 0.29) is 0 Å². The number of nitrogens with one attached hydrogen (secondary N) is 3. The van der Waals surface area contributed by atoms with E-state index in [0.717, 1.165) is 58.3 Å². The maximum absolute atomic E-state index is 5.48. The molecule has 6 nitrogen and oxygen atoms in total. The predicted molar refractivity (Wildman–Crippen MR) is 127 cm³/mol. The van der Waals surface area contributed by atoms with Crippen LogP contribution in [0, 0.1) is 6.92 Å². The Kier molecular flexibility index (Phi) is 7.22. The highest BCUT2D eigenvalue weighted by molar-refractivity contribution is 5.86. The summed E-state index contributed by atoms with van der Waals surface area (Å²) in [5.41, 5.74) is 6.53. The van der Waals surface area contributed by atoms with Gasteiger partial charge in [0.15, 0.2) is 5.96 Å². The van der Waals surface area contributed by atoms with Crippen molar-refractivity contribution >= 4 is 16.9 Å². The van der Waals surface area contributed by atoms with Crippen LogP contribution >= 0.6 is 0 Å². The Morgan fingerprint density at radius 1 is 1.03 bits per heavy atom. The van der Waals surface area contributed by atoms with Crippen molar-refractivity contribution in [1.29, 1.82) is 0 Å². The summed E-state index contributed by atoms with van der Waals surface area (Å²) in [6.07, 6.45) is 3.07. The largest absolute Gasteiger partial charge is 0.379 e. The summed E-state index contributed by atoms with van der Waals surface area (Å²) < 4.78 is 5.48. The Morgan fingerprint density at radius 3 is 2.65 bits per heavy atom. The molecule has 0 unspecified atom stereocenters. The second-order valence-electron chi connectivity index (χ2n) is 8.07. The van der Waals surface area contributed by atoms with Crippen molar-refractivity contribution in [1.82, 2.24) is 20.5 Å². The molecule has 1 fully saturated rings. The average Bonchev–Trinajstić information content (AvgIpc) is 3.22. The van der Waals surface area contributed by atoms with Gasteiger partial charge in [0.05, 0.1) is 13.2 Å². The Labute approximate surface area is 184 Å². The zero-order valence-electron chi connectivity index (χ0n) is 18.6. The number of ether oxygens (including phenoxy) is 1. The van der Waals surface area contributed by atoms with Crippen LogP contribution < -0.4 is 10.6 Å². The molecule has 6 heteroatoms. The van der Waals surface area contributed by atoms with Gasteiger partial charge in [-0.15, -0.1) is 0 Å². The van der Waals surface area contributed by atoms with E-state index in [2.05, 4.69) is 81.1 Å². The number of hydrogen-bond acceptors (Lipinski definition) is 3. The summed E-state index contributed by atoms with van der Waals surface area (Å²) in [4.78, 5) is 10.2. The smallest absolute Gasteiger partial charge is 0.191 e. The molecule has 0 bridgehead atoms. The van der Waals surface area contributed by atoms with Crippen LogP contribution in [0.2, 0.25) is 0 Å². The van der Waals surface area contributed by atoms with Crippen molar-refractivity contribution in [3.63, 3.8) is 0 Å². The van der Waals surface area contributed by atoms with E-state index in [1.54, 1.807) is 0 Å². The molecule has 4 rings (SSSR count). The molecule has 2 heterocycles. The Morgan fingerprint density at radius 2 is 1.84 bits per heavy atom. The van der Waals surface area contributed by atoms with Crippen LogP contribution in [0.25, 0.3) is 10.9 Å². The minimum atomic E-state index is 0.756. The molecule has 0 radical (unpaired) electrons. The molecule has 2 aromatic carbocycles. The molecular formula is C25H33N5O. The summed E-state index contributed by atoms with van der Waals surface area (Å²) >= 11 is 0. The maximum atomic E-state index is 5.48. The lowest BCUT2D eigenvalue weighted by molar-refractivity contribution is 0.0341. The fourth-order valence-electron chi connectivity index (χ4n) is 4.25. The first-order valence-electron chi connectivity index (χ1n) is 11.1. The van der Waals surface area contributed by atoms with Gasteiger partial charge in [-0.1, -0.05) is 36.4 Å². The first kappa shape index (κ1) is 21.4. The number of aliphatic imine (C=N–C) groups is 1. The standard InChI is InChI=1S/C25H33N5O/c1-19-6-5-9-23-24(19)21(17-28-23)10-11-27-25(26-2)29-16-20-7-3-4-8-22(20)18-30-12-14-31-15-13-30/h3-9,17,28H,10-16,18H2,1-2H3,(H2,26,27,29). The molecule has 0 amide bonds. The highest BCUT2D eigenvalue weighted by atomic mass is 16.5. The topological polar surface area (TPSA) is 64.7 Å². The molecule has 0 saturated carbocycles. The van der Waals surface area contributed by atoms with Crippen LogP contribution in [0.3, 0.4) is 0 Å². The van der Waals surface area contributed by atoms with Crippen LogP contribution in [-0.2, 0) is 24.2 Å². The summed E-state index contributed by atoms with van der Waals surface area (Å²) in [5, 5.41) is 8.28. The third-order valence-corrected chi connectivity index (χ3v) is 5.97. The van der Waals surface area contributed by atoms with Crippen molar-refractivity contribution in [2.24, 2.45) is 4.99 Å². The molecule has 3 aromatic rings. The van der Waals surface area contributed by atoms with Gasteiger partial charge in [-0.3, -0.25) is 9.89 Å². The third-order valence-electron chi connectivity index (χ3n) is 5.97. The number of morpholine rings is 1. The summed E-state index contributed by atoms with van der Waals surface area (Å²) in [5.74, 6) is 0.831. The van der Waals surface area contributed by atoms with E-state index >= 15 is 0 Å². The molecular weight excluding hydrogens is 386 g/mol. The van der Waals surface area contributed by atoms with E-state index in [9.17, 15) is 0 Å². The second kappa shape index (κ2) is 10.5. The van der Waals surface area contributed by atoms with Crippen molar-refractivity contribution in [3.05, 3.63) is 70.9 Å². The van der Waals surface area contributed by atoms with Gasteiger partial charge in [-0.05, 0) is 41.7 Å². The molecule has 31 heavy (non-hydrogen) atoms. The number of nitrogens with zero attached hydrogens (tertiary/aromatic N) is 2. The van der Waals surface area contributed by atoms with E-state index in [1.165, 1.54) is 33.2 Å². The molecule has 164 valence electrons. The quantitative estimate of drug-likeness (QED) is 0.406. The van der Waals surface area contributed by atoms with E-state index in [1.807, 2.05) is 7.05 Å². The average molecular weight is 420 g/mol. The number of fused-ring (bicyclic) bond motifs is 1. The van der Waals surface area contributed by atoms with Gasteiger partial charge in [0.2, 0.25) is 0 Å². The molecule has 1 aliphatic rings. The number of aromatic amines is 1. The normalized spacial score (nSPS) is 15.4.